The van der Waals surface area contributed by atoms with Crippen molar-refractivity contribution in [3.05, 3.63) is 30.0 Å². The van der Waals surface area contributed by atoms with Crippen molar-refractivity contribution >= 4 is 22.8 Å². The van der Waals surface area contributed by atoms with Crippen molar-refractivity contribution in [1.29, 1.82) is 0 Å². The number of methoxy groups -OCH3 is 1. The minimum absolute atomic E-state index is 0.264. The van der Waals surface area contributed by atoms with E-state index in [1.54, 1.807) is 13.2 Å². The molecule has 0 spiro atoms. The van der Waals surface area contributed by atoms with E-state index in [0.29, 0.717) is 30.3 Å². The van der Waals surface area contributed by atoms with E-state index in [2.05, 4.69) is 4.98 Å². The summed E-state index contributed by atoms with van der Waals surface area (Å²) in [4.78, 5) is 28.8. The standard InChI is InChI=1S/C17H20N2O4/c1-10-5-6-19(15(7-10)17(21)22)16(20)14-9-11-8-12(23-2)3-4-13(11)18-14/h3-4,8-10,15,18H,5-7H2,1-2H3,(H,21,22). The lowest BCUT2D eigenvalue weighted by atomic mass is 9.92. The summed E-state index contributed by atoms with van der Waals surface area (Å²) in [7, 11) is 1.59. The Labute approximate surface area is 134 Å². The van der Waals surface area contributed by atoms with Gasteiger partial charge in [0.2, 0.25) is 0 Å². The van der Waals surface area contributed by atoms with Gasteiger partial charge in [-0.05, 0) is 43.0 Å². The van der Waals surface area contributed by atoms with Gasteiger partial charge in [-0.3, -0.25) is 4.79 Å². The highest BCUT2D eigenvalue weighted by molar-refractivity contribution is 6.00. The van der Waals surface area contributed by atoms with Crippen molar-refractivity contribution in [3.8, 4) is 5.75 Å². The number of aromatic nitrogens is 1. The number of amides is 1. The van der Waals surface area contributed by atoms with E-state index in [1.165, 1.54) is 4.90 Å². The van der Waals surface area contributed by atoms with Gasteiger partial charge in [0.1, 0.15) is 17.5 Å². The summed E-state index contributed by atoms with van der Waals surface area (Å²) in [6.45, 7) is 2.49. The van der Waals surface area contributed by atoms with Crippen LogP contribution in [0.5, 0.6) is 5.75 Å². The fourth-order valence-corrected chi connectivity index (χ4v) is 3.13. The van der Waals surface area contributed by atoms with Crippen LogP contribution in [0.3, 0.4) is 0 Å². The van der Waals surface area contributed by atoms with Crippen LogP contribution in [0.2, 0.25) is 0 Å². The molecule has 0 bridgehead atoms. The molecule has 1 aromatic heterocycles. The molecule has 0 saturated carbocycles. The van der Waals surface area contributed by atoms with Crippen LogP contribution in [0.4, 0.5) is 0 Å². The molecule has 122 valence electrons. The second-order valence-electron chi connectivity index (χ2n) is 6.12. The van der Waals surface area contributed by atoms with Gasteiger partial charge in [-0.25, -0.2) is 4.79 Å². The molecule has 1 amide bonds. The number of carboxylic acid groups (broad SMARTS) is 1. The minimum Gasteiger partial charge on any atom is -0.497 e. The third-order valence-electron chi connectivity index (χ3n) is 4.47. The molecule has 0 aliphatic carbocycles. The summed E-state index contributed by atoms with van der Waals surface area (Å²) in [6.07, 6.45) is 1.32. The van der Waals surface area contributed by atoms with Crippen LogP contribution in [0.15, 0.2) is 24.3 Å². The summed E-state index contributed by atoms with van der Waals surface area (Å²) in [5.41, 5.74) is 1.24. The SMILES string of the molecule is COc1ccc2[nH]c(C(=O)N3CCC(C)CC3C(=O)O)cc2c1. The van der Waals surface area contributed by atoms with E-state index >= 15 is 0 Å². The van der Waals surface area contributed by atoms with Gasteiger partial charge >= 0.3 is 5.97 Å². The lowest BCUT2D eigenvalue weighted by Gasteiger charge is -2.35. The molecule has 2 unspecified atom stereocenters. The summed E-state index contributed by atoms with van der Waals surface area (Å²) >= 11 is 0. The molecule has 1 saturated heterocycles. The highest BCUT2D eigenvalue weighted by atomic mass is 16.5. The largest absolute Gasteiger partial charge is 0.497 e. The van der Waals surface area contributed by atoms with E-state index in [1.807, 2.05) is 25.1 Å². The Morgan fingerprint density at radius 2 is 2.13 bits per heavy atom. The van der Waals surface area contributed by atoms with Crippen LogP contribution in [-0.2, 0) is 4.79 Å². The van der Waals surface area contributed by atoms with Gasteiger partial charge in [-0.2, -0.15) is 0 Å². The molecule has 2 aromatic rings. The second kappa shape index (κ2) is 5.95. The van der Waals surface area contributed by atoms with E-state index in [-0.39, 0.29) is 5.91 Å². The van der Waals surface area contributed by atoms with Crippen LogP contribution in [0, 0.1) is 5.92 Å². The Morgan fingerprint density at radius 1 is 1.35 bits per heavy atom. The number of rotatable bonds is 3. The number of hydrogen-bond acceptors (Lipinski definition) is 3. The molecule has 1 aliphatic rings. The lowest BCUT2D eigenvalue weighted by Crippen LogP contribution is -2.49. The lowest BCUT2D eigenvalue weighted by molar-refractivity contribution is -0.144. The van der Waals surface area contributed by atoms with Gasteiger partial charge < -0.3 is 19.7 Å². The molecule has 6 heteroatoms. The Hall–Kier alpha value is -2.50. The number of carbonyl (C=O) groups excluding carboxylic acids is 1. The van der Waals surface area contributed by atoms with E-state index in [0.717, 1.165) is 17.3 Å². The number of carbonyl (C=O) groups is 2. The van der Waals surface area contributed by atoms with Gasteiger partial charge in [0.05, 0.1) is 7.11 Å². The summed E-state index contributed by atoms with van der Waals surface area (Å²) in [6, 6.07) is 6.49. The number of H-pyrrole nitrogens is 1. The maximum Gasteiger partial charge on any atom is 0.326 e. The normalized spacial score (nSPS) is 21.4. The van der Waals surface area contributed by atoms with Gasteiger partial charge in [-0.1, -0.05) is 6.92 Å². The molecule has 3 rings (SSSR count). The van der Waals surface area contributed by atoms with Gasteiger partial charge in [0.15, 0.2) is 0 Å². The number of ether oxygens (including phenoxy) is 1. The predicted octanol–water partition coefficient (Wildman–Crippen LogP) is 2.50. The number of carboxylic acids is 1. The molecule has 6 nitrogen and oxygen atoms in total. The molecular weight excluding hydrogens is 296 g/mol. The molecule has 1 fully saturated rings. The first-order valence-corrected chi connectivity index (χ1v) is 7.70. The number of aromatic amines is 1. The number of hydrogen-bond donors (Lipinski definition) is 2. The number of nitrogens with zero attached hydrogens (tertiary/aromatic N) is 1. The van der Waals surface area contributed by atoms with Crippen LogP contribution in [0.1, 0.15) is 30.3 Å². The zero-order valence-electron chi connectivity index (χ0n) is 13.2. The first kappa shape index (κ1) is 15.4. The van der Waals surface area contributed by atoms with Crippen molar-refractivity contribution in [2.75, 3.05) is 13.7 Å². The third-order valence-corrected chi connectivity index (χ3v) is 4.47. The average molecular weight is 316 g/mol. The van der Waals surface area contributed by atoms with Crippen molar-refractivity contribution in [1.82, 2.24) is 9.88 Å². The number of piperidine rings is 1. The smallest absolute Gasteiger partial charge is 0.326 e. The average Bonchev–Trinajstić information content (AvgIpc) is 2.96. The molecular formula is C17H20N2O4. The van der Waals surface area contributed by atoms with E-state index in [4.69, 9.17) is 4.74 Å². The molecule has 23 heavy (non-hydrogen) atoms. The predicted molar refractivity (Wildman–Crippen MR) is 85.7 cm³/mol. The second-order valence-corrected chi connectivity index (χ2v) is 6.12. The number of aliphatic carboxylic acids is 1. The number of likely N-dealkylation sites (tertiary alicyclic amines) is 1. The quantitative estimate of drug-likeness (QED) is 0.911. The Morgan fingerprint density at radius 3 is 2.83 bits per heavy atom. The highest BCUT2D eigenvalue weighted by Crippen LogP contribution is 2.26. The number of fused-ring (bicyclic) bond motifs is 1. The maximum absolute atomic E-state index is 12.7. The topological polar surface area (TPSA) is 82.6 Å². The monoisotopic (exact) mass is 316 g/mol. The molecule has 1 aliphatic heterocycles. The first-order chi connectivity index (χ1) is 11.0. The van der Waals surface area contributed by atoms with Crippen LogP contribution in [0.25, 0.3) is 10.9 Å². The van der Waals surface area contributed by atoms with Gasteiger partial charge in [-0.15, -0.1) is 0 Å². The Balaban J connectivity index is 1.91. The number of benzene rings is 1. The first-order valence-electron chi connectivity index (χ1n) is 7.70. The van der Waals surface area contributed by atoms with Crippen LogP contribution in [-0.4, -0.2) is 46.6 Å². The van der Waals surface area contributed by atoms with Gasteiger partial charge in [0, 0.05) is 17.4 Å². The third kappa shape index (κ3) is 2.88. The highest BCUT2D eigenvalue weighted by Gasteiger charge is 2.35. The molecule has 2 N–H and O–H groups in total. The number of nitrogens with one attached hydrogen (secondary N) is 1. The molecule has 1 aromatic carbocycles. The van der Waals surface area contributed by atoms with Crippen LogP contribution < -0.4 is 4.74 Å². The fraction of sp³-hybridized carbons (Fsp3) is 0.412. The van der Waals surface area contributed by atoms with Crippen LogP contribution >= 0.6 is 0 Å². The van der Waals surface area contributed by atoms with Crippen molar-refractivity contribution in [3.63, 3.8) is 0 Å². The maximum atomic E-state index is 12.7. The molecule has 2 atom stereocenters. The molecule has 0 radical (unpaired) electrons. The molecule has 2 heterocycles. The van der Waals surface area contributed by atoms with Crippen molar-refractivity contribution in [2.45, 2.75) is 25.8 Å². The summed E-state index contributed by atoms with van der Waals surface area (Å²) in [5, 5.41) is 10.3. The zero-order chi connectivity index (χ0) is 16.6. The van der Waals surface area contributed by atoms with Crippen molar-refractivity contribution < 1.29 is 19.4 Å². The Kier molecular flexibility index (Phi) is 3.98. The minimum atomic E-state index is -0.942. The van der Waals surface area contributed by atoms with Gasteiger partial charge in [0.25, 0.3) is 5.91 Å². The fourth-order valence-electron chi connectivity index (χ4n) is 3.13. The summed E-state index contributed by atoms with van der Waals surface area (Å²) in [5.74, 6) is -0.181. The Bertz CT molecular complexity index is 752. The summed E-state index contributed by atoms with van der Waals surface area (Å²) < 4.78 is 5.18. The van der Waals surface area contributed by atoms with Crippen molar-refractivity contribution in [2.24, 2.45) is 5.92 Å². The zero-order valence-corrected chi connectivity index (χ0v) is 13.2. The van der Waals surface area contributed by atoms with E-state index in [9.17, 15) is 14.7 Å². The van der Waals surface area contributed by atoms with E-state index < -0.39 is 12.0 Å².